The third-order valence-corrected chi connectivity index (χ3v) is 7.00. The van der Waals surface area contributed by atoms with Gasteiger partial charge in [0, 0.05) is 36.2 Å². The van der Waals surface area contributed by atoms with Gasteiger partial charge in [-0.1, -0.05) is 6.07 Å². The van der Waals surface area contributed by atoms with Crippen LogP contribution in [0.25, 0.3) is 33.4 Å². The minimum atomic E-state index is -2.35. The molecular formula is C31H28F4N4O4. The SMILES string of the molecule is CCN(C#N)c1cc2oc(-c3ccc(F)cc3)c(C(=O)NC)c2cc1-c1ccc(OC)c(C(=O)NC(CF)(CF)CF)c1. The highest BCUT2D eigenvalue weighted by Crippen LogP contribution is 2.42. The molecule has 4 aromatic rings. The highest BCUT2D eigenvalue weighted by Gasteiger charge is 2.34. The fourth-order valence-corrected chi connectivity index (χ4v) is 4.61. The van der Waals surface area contributed by atoms with E-state index in [2.05, 4.69) is 16.8 Å². The first-order valence-electron chi connectivity index (χ1n) is 13.1. The minimum Gasteiger partial charge on any atom is -0.496 e. The normalized spacial score (nSPS) is 11.2. The van der Waals surface area contributed by atoms with Crippen molar-refractivity contribution in [2.24, 2.45) is 0 Å². The van der Waals surface area contributed by atoms with Crippen LogP contribution in [-0.4, -0.2) is 58.1 Å². The number of hydrogen-bond donors (Lipinski definition) is 2. The van der Waals surface area contributed by atoms with Crippen LogP contribution in [0.2, 0.25) is 0 Å². The summed E-state index contributed by atoms with van der Waals surface area (Å²) in [7, 11) is 2.74. The number of ether oxygens (including phenoxy) is 1. The van der Waals surface area contributed by atoms with Gasteiger partial charge in [-0.3, -0.25) is 14.5 Å². The van der Waals surface area contributed by atoms with Crippen LogP contribution in [0.15, 0.2) is 59.0 Å². The number of fused-ring (bicyclic) bond motifs is 1. The Morgan fingerprint density at radius 2 is 1.65 bits per heavy atom. The summed E-state index contributed by atoms with van der Waals surface area (Å²) < 4.78 is 65.7. The number of anilines is 1. The van der Waals surface area contributed by atoms with Crippen molar-refractivity contribution in [1.82, 2.24) is 10.6 Å². The molecule has 1 aromatic heterocycles. The summed E-state index contributed by atoms with van der Waals surface area (Å²) in [5.41, 5.74) is -0.506. The van der Waals surface area contributed by atoms with Gasteiger partial charge in [-0.25, -0.2) is 17.6 Å². The molecule has 0 fully saturated rings. The Hall–Kier alpha value is -5.05. The van der Waals surface area contributed by atoms with Crippen LogP contribution in [0.3, 0.4) is 0 Å². The fourth-order valence-electron chi connectivity index (χ4n) is 4.61. The summed E-state index contributed by atoms with van der Waals surface area (Å²) in [6.45, 7) is -2.42. The van der Waals surface area contributed by atoms with Crippen molar-refractivity contribution in [2.45, 2.75) is 12.5 Å². The molecule has 0 radical (unpaired) electrons. The first kappa shape index (κ1) is 30.9. The Balaban J connectivity index is 1.99. The lowest BCUT2D eigenvalue weighted by molar-refractivity contribution is 0.0807. The number of hydrogen-bond acceptors (Lipinski definition) is 6. The molecule has 0 atom stereocenters. The molecule has 0 unspecified atom stereocenters. The zero-order valence-electron chi connectivity index (χ0n) is 23.6. The van der Waals surface area contributed by atoms with E-state index in [-0.39, 0.29) is 34.8 Å². The van der Waals surface area contributed by atoms with E-state index in [1.165, 1.54) is 55.5 Å². The lowest BCUT2D eigenvalue weighted by Gasteiger charge is -2.26. The Kier molecular flexibility index (Phi) is 9.24. The quantitative estimate of drug-likeness (QED) is 0.126. The third kappa shape index (κ3) is 5.83. The Bertz CT molecular complexity index is 1690. The smallest absolute Gasteiger partial charge is 0.255 e. The molecular weight excluding hydrogens is 568 g/mol. The molecule has 0 aliphatic rings. The van der Waals surface area contributed by atoms with Crippen LogP contribution in [0.5, 0.6) is 5.75 Å². The number of nitrogens with one attached hydrogen (secondary N) is 2. The second-order valence-electron chi connectivity index (χ2n) is 9.65. The molecule has 12 heteroatoms. The standard InChI is InChI=1S/C31H28F4N4O4/c1-4-39(17-36)24-13-26-22(27(30(41)37-2)28(43-26)18-5-8-20(35)9-6-18)12-21(24)19-7-10-25(42-3)23(11-19)29(40)38-31(14-32,15-33)16-34/h5-13H,4,14-16H2,1-3H3,(H,37,41)(H,38,40). The van der Waals surface area contributed by atoms with Gasteiger partial charge in [0.15, 0.2) is 6.19 Å². The van der Waals surface area contributed by atoms with Gasteiger partial charge in [0.2, 0.25) is 0 Å². The molecule has 4 rings (SSSR count). The van der Waals surface area contributed by atoms with E-state index in [1.807, 2.05) is 0 Å². The number of nitrogens with zero attached hydrogens (tertiary/aromatic N) is 2. The number of carbonyl (C=O) groups excluding carboxylic acids is 2. The Morgan fingerprint density at radius 1 is 1.00 bits per heavy atom. The number of benzene rings is 3. The number of amides is 2. The Labute approximate surface area is 244 Å². The molecule has 2 amide bonds. The zero-order chi connectivity index (χ0) is 31.3. The number of furan rings is 1. The fraction of sp³-hybridized carbons (Fsp3) is 0.258. The van der Waals surface area contributed by atoms with E-state index < -0.39 is 43.2 Å². The van der Waals surface area contributed by atoms with Gasteiger partial charge >= 0.3 is 0 Å². The highest BCUT2D eigenvalue weighted by molar-refractivity contribution is 6.13. The maximum atomic E-state index is 13.6. The molecule has 0 aliphatic carbocycles. The van der Waals surface area contributed by atoms with Crippen molar-refractivity contribution in [3.8, 4) is 34.4 Å². The van der Waals surface area contributed by atoms with Gasteiger partial charge in [-0.2, -0.15) is 5.26 Å². The number of methoxy groups -OCH3 is 1. The van der Waals surface area contributed by atoms with Gasteiger partial charge in [0.25, 0.3) is 11.8 Å². The van der Waals surface area contributed by atoms with E-state index in [0.717, 1.165) is 0 Å². The number of halogens is 4. The highest BCUT2D eigenvalue weighted by atomic mass is 19.2. The van der Waals surface area contributed by atoms with Gasteiger partial charge in [-0.05, 0) is 55.0 Å². The predicted molar refractivity (Wildman–Crippen MR) is 154 cm³/mol. The van der Waals surface area contributed by atoms with Crippen LogP contribution < -0.4 is 20.3 Å². The van der Waals surface area contributed by atoms with Crippen molar-refractivity contribution in [1.29, 1.82) is 5.26 Å². The average molecular weight is 597 g/mol. The monoisotopic (exact) mass is 596 g/mol. The number of carbonyl (C=O) groups is 2. The summed E-state index contributed by atoms with van der Waals surface area (Å²) in [5.74, 6) is -1.71. The average Bonchev–Trinajstić information content (AvgIpc) is 3.42. The van der Waals surface area contributed by atoms with Crippen LogP contribution in [0, 0.1) is 17.3 Å². The topological polar surface area (TPSA) is 108 Å². The van der Waals surface area contributed by atoms with Gasteiger partial charge in [0.1, 0.15) is 48.5 Å². The minimum absolute atomic E-state index is 0.0509. The Morgan fingerprint density at radius 3 is 2.21 bits per heavy atom. The van der Waals surface area contributed by atoms with Crippen LogP contribution >= 0.6 is 0 Å². The summed E-state index contributed by atoms with van der Waals surface area (Å²) in [6, 6.07) is 13.0. The molecule has 0 saturated carbocycles. The summed E-state index contributed by atoms with van der Waals surface area (Å²) in [4.78, 5) is 27.6. The van der Waals surface area contributed by atoms with E-state index in [4.69, 9.17) is 9.15 Å². The van der Waals surface area contributed by atoms with Crippen molar-refractivity contribution >= 4 is 28.5 Å². The van der Waals surface area contributed by atoms with E-state index in [1.54, 1.807) is 25.1 Å². The van der Waals surface area contributed by atoms with Gasteiger partial charge in [0.05, 0.1) is 23.9 Å². The first-order valence-corrected chi connectivity index (χ1v) is 13.1. The van der Waals surface area contributed by atoms with Crippen LogP contribution in [-0.2, 0) is 0 Å². The molecule has 1 heterocycles. The molecule has 224 valence electrons. The summed E-state index contributed by atoms with van der Waals surface area (Å²) in [6.07, 6.45) is 2.09. The largest absolute Gasteiger partial charge is 0.496 e. The zero-order valence-corrected chi connectivity index (χ0v) is 23.6. The second kappa shape index (κ2) is 12.9. The molecule has 0 aliphatic heterocycles. The lowest BCUT2D eigenvalue weighted by Crippen LogP contribution is -2.54. The van der Waals surface area contributed by atoms with Crippen LogP contribution in [0.4, 0.5) is 23.2 Å². The first-order chi connectivity index (χ1) is 20.7. The van der Waals surface area contributed by atoms with E-state index in [9.17, 15) is 32.4 Å². The molecule has 43 heavy (non-hydrogen) atoms. The molecule has 8 nitrogen and oxygen atoms in total. The molecule has 0 bridgehead atoms. The molecule has 0 saturated heterocycles. The maximum Gasteiger partial charge on any atom is 0.255 e. The van der Waals surface area contributed by atoms with Gasteiger partial charge < -0.3 is 19.8 Å². The number of rotatable bonds is 11. The van der Waals surface area contributed by atoms with Crippen molar-refractivity contribution in [2.75, 3.05) is 45.6 Å². The molecule has 2 N–H and O–H groups in total. The molecule has 0 spiro atoms. The van der Waals surface area contributed by atoms with Crippen LogP contribution in [0.1, 0.15) is 27.6 Å². The van der Waals surface area contributed by atoms with E-state index in [0.29, 0.717) is 27.8 Å². The van der Waals surface area contributed by atoms with E-state index >= 15 is 0 Å². The van der Waals surface area contributed by atoms with Crippen molar-refractivity contribution in [3.05, 3.63) is 71.5 Å². The second-order valence-corrected chi connectivity index (χ2v) is 9.65. The predicted octanol–water partition coefficient (Wildman–Crippen LogP) is 5.96. The lowest BCUT2D eigenvalue weighted by atomic mass is 9.96. The number of alkyl halides is 3. The maximum absolute atomic E-state index is 13.6. The van der Waals surface area contributed by atoms with Gasteiger partial charge in [-0.15, -0.1) is 0 Å². The number of nitriles is 1. The summed E-state index contributed by atoms with van der Waals surface area (Å²) in [5, 5.41) is 14.9. The van der Waals surface area contributed by atoms with Crippen molar-refractivity contribution < 1.29 is 36.3 Å². The summed E-state index contributed by atoms with van der Waals surface area (Å²) >= 11 is 0. The molecule has 3 aromatic carbocycles. The third-order valence-electron chi connectivity index (χ3n) is 7.00. The van der Waals surface area contributed by atoms with Crippen molar-refractivity contribution in [3.63, 3.8) is 0 Å².